The monoisotopic (exact) mass is 352 g/mol. The minimum atomic E-state index is -0.801. The number of rotatable bonds is 12. The van der Waals surface area contributed by atoms with E-state index >= 15 is 0 Å². The van der Waals surface area contributed by atoms with Crippen molar-refractivity contribution < 1.29 is 24.9 Å². The van der Waals surface area contributed by atoms with Gasteiger partial charge >= 0.3 is 5.97 Å². The molecule has 0 aliphatic heterocycles. The second kappa shape index (κ2) is 12.0. The number of aliphatic hydroxyl groups is 2. The van der Waals surface area contributed by atoms with Gasteiger partial charge in [-0.25, -0.2) is 0 Å². The number of allylic oxidation sites excluding steroid dienone is 2. The van der Waals surface area contributed by atoms with Crippen molar-refractivity contribution >= 4 is 11.8 Å². The van der Waals surface area contributed by atoms with Crippen molar-refractivity contribution in [1.82, 2.24) is 0 Å². The topological polar surface area (TPSA) is 94.8 Å². The SMILES string of the molecule is CCCCC[C@H](O)/C=C/[C@H]1C(C/C=C\CCCC(=O)O)C(=O)C[C@@H]1O. The van der Waals surface area contributed by atoms with Crippen LogP contribution in [0.3, 0.4) is 0 Å². The minimum absolute atomic E-state index is 0.0535. The van der Waals surface area contributed by atoms with Crippen LogP contribution < -0.4 is 0 Å². The molecule has 0 bridgehead atoms. The first-order valence-electron chi connectivity index (χ1n) is 9.39. The maximum atomic E-state index is 12.1. The van der Waals surface area contributed by atoms with Crippen molar-refractivity contribution in [2.24, 2.45) is 11.8 Å². The van der Waals surface area contributed by atoms with Crippen molar-refractivity contribution in [3.05, 3.63) is 24.3 Å². The summed E-state index contributed by atoms with van der Waals surface area (Å²) in [5, 5.41) is 28.7. The summed E-state index contributed by atoms with van der Waals surface area (Å²) in [4.78, 5) is 22.5. The summed E-state index contributed by atoms with van der Waals surface area (Å²) in [6, 6.07) is 0. The molecular weight excluding hydrogens is 320 g/mol. The van der Waals surface area contributed by atoms with E-state index in [1.54, 1.807) is 12.2 Å². The van der Waals surface area contributed by atoms with Gasteiger partial charge in [0.25, 0.3) is 0 Å². The summed E-state index contributed by atoms with van der Waals surface area (Å²) >= 11 is 0. The van der Waals surface area contributed by atoms with Gasteiger partial charge in [0.05, 0.1) is 12.2 Å². The van der Waals surface area contributed by atoms with E-state index < -0.39 is 18.2 Å². The van der Waals surface area contributed by atoms with Crippen LogP contribution in [-0.4, -0.2) is 39.3 Å². The largest absolute Gasteiger partial charge is 0.481 e. The number of carboxylic acids is 1. The molecule has 1 unspecified atom stereocenters. The average molecular weight is 352 g/mol. The minimum Gasteiger partial charge on any atom is -0.481 e. The zero-order valence-corrected chi connectivity index (χ0v) is 15.1. The molecule has 5 heteroatoms. The van der Waals surface area contributed by atoms with E-state index in [1.807, 2.05) is 12.2 Å². The fourth-order valence-electron chi connectivity index (χ4n) is 3.22. The Kier molecular flexibility index (Phi) is 10.3. The third-order valence-corrected chi connectivity index (χ3v) is 4.71. The normalized spacial score (nSPS) is 25.2. The molecule has 25 heavy (non-hydrogen) atoms. The maximum Gasteiger partial charge on any atom is 0.303 e. The quantitative estimate of drug-likeness (QED) is 0.370. The lowest BCUT2D eigenvalue weighted by molar-refractivity contribution is -0.137. The standard InChI is InChI=1S/C20H32O5/c1-2-3-6-9-15(21)12-13-17-16(18(22)14-19(17)23)10-7-4-5-8-11-20(24)25/h4,7,12-13,15-17,19,21,23H,2-3,5-6,8-11,14H2,1H3,(H,24,25)/b7-4-,13-12+/t15-,16?,17-,19-/m0/s1. The Morgan fingerprint density at radius 2 is 2.04 bits per heavy atom. The Labute approximate surface area is 150 Å². The highest BCUT2D eigenvalue weighted by Crippen LogP contribution is 2.33. The lowest BCUT2D eigenvalue weighted by Crippen LogP contribution is -2.18. The van der Waals surface area contributed by atoms with E-state index in [2.05, 4.69) is 6.92 Å². The number of unbranched alkanes of at least 4 members (excludes halogenated alkanes) is 3. The molecule has 0 aromatic rings. The molecule has 0 aromatic heterocycles. The number of hydrogen-bond donors (Lipinski definition) is 3. The lowest BCUT2D eigenvalue weighted by Gasteiger charge is -2.16. The third kappa shape index (κ3) is 8.45. The van der Waals surface area contributed by atoms with Crippen molar-refractivity contribution in [2.45, 2.75) is 76.9 Å². The highest BCUT2D eigenvalue weighted by molar-refractivity contribution is 5.84. The number of hydrogen-bond acceptors (Lipinski definition) is 4. The molecule has 142 valence electrons. The molecule has 0 radical (unpaired) electrons. The third-order valence-electron chi connectivity index (χ3n) is 4.71. The zero-order chi connectivity index (χ0) is 18.7. The van der Waals surface area contributed by atoms with Crippen LogP contribution in [0.1, 0.15) is 64.7 Å². The summed E-state index contributed by atoms with van der Waals surface area (Å²) in [6.07, 6.45) is 12.1. The van der Waals surface area contributed by atoms with Crippen LogP contribution in [0.5, 0.6) is 0 Å². The number of aliphatic carboxylic acids is 1. The van der Waals surface area contributed by atoms with Gasteiger partial charge < -0.3 is 15.3 Å². The Morgan fingerprint density at radius 3 is 2.72 bits per heavy atom. The lowest BCUT2D eigenvalue weighted by atomic mass is 9.90. The van der Waals surface area contributed by atoms with Gasteiger partial charge in [0.2, 0.25) is 0 Å². The first-order chi connectivity index (χ1) is 12.0. The Hall–Kier alpha value is -1.46. The predicted molar refractivity (Wildman–Crippen MR) is 97.1 cm³/mol. The van der Waals surface area contributed by atoms with Crippen LogP contribution in [-0.2, 0) is 9.59 Å². The molecule has 1 aliphatic rings. The van der Waals surface area contributed by atoms with E-state index in [0.717, 1.165) is 19.3 Å². The first kappa shape index (κ1) is 21.6. The Morgan fingerprint density at radius 1 is 1.28 bits per heavy atom. The van der Waals surface area contributed by atoms with Gasteiger partial charge in [0, 0.05) is 24.7 Å². The van der Waals surface area contributed by atoms with Crippen LogP contribution in [0.15, 0.2) is 24.3 Å². The van der Waals surface area contributed by atoms with Crippen LogP contribution in [0.4, 0.5) is 0 Å². The van der Waals surface area contributed by atoms with Crippen LogP contribution >= 0.6 is 0 Å². The summed E-state index contributed by atoms with van der Waals surface area (Å²) in [5.74, 6) is -1.26. The van der Waals surface area contributed by atoms with Crippen LogP contribution in [0.2, 0.25) is 0 Å². The van der Waals surface area contributed by atoms with Crippen LogP contribution in [0.25, 0.3) is 0 Å². The van der Waals surface area contributed by atoms with Crippen molar-refractivity contribution in [3.8, 4) is 0 Å². The molecular formula is C20H32O5. The van der Waals surface area contributed by atoms with Gasteiger partial charge in [0.15, 0.2) is 0 Å². The number of carboxylic acid groups (broad SMARTS) is 1. The molecule has 1 aliphatic carbocycles. The van der Waals surface area contributed by atoms with Gasteiger partial charge in [-0.1, -0.05) is 50.5 Å². The molecule has 1 fully saturated rings. The molecule has 0 saturated heterocycles. The number of carbonyl (C=O) groups excluding carboxylic acids is 1. The molecule has 0 spiro atoms. The highest BCUT2D eigenvalue weighted by Gasteiger charge is 2.39. The summed E-state index contributed by atoms with van der Waals surface area (Å²) in [5.41, 5.74) is 0. The molecule has 1 rings (SSSR count). The second-order valence-electron chi connectivity index (χ2n) is 6.86. The number of aliphatic hydroxyl groups excluding tert-OH is 2. The second-order valence-corrected chi connectivity index (χ2v) is 6.86. The zero-order valence-electron chi connectivity index (χ0n) is 15.1. The maximum absolute atomic E-state index is 12.1. The molecule has 5 nitrogen and oxygen atoms in total. The fraction of sp³-hybridized carbons (Fsp3) is 0.700. The molecule has 0 heterocycles. The summed E-state index contributed by atoms with van der Waals surface area (Å²) in [7, 11) is 0. The van der Waals surface area contributed by atoms with Gasteiger partial charge in [-0.05, 0) is 25.7 Å². The van der Waals surface area contributed by atoms with Crippen molar-refractivity contribution in [3.63, 3.8) is 0 Å². The average Bonchev–Trinajstić information content (AvgIpc) is 2.82. The smallest absolute Gasteiger partial charge is 0.303 e. The van der Waals surface area contributed by atoms with E-state index in [-0.39, 0.29) is 30.5 Å². The van der Waals surface area contributed by atoms with Gasteiger partial charge in [0.1, 0.15) is 5.78 Å². The van der Waals surface area contributed by atoms with Crippen molar-refractivity contribution in [1.29, 1.82) is 0 Å². The van der Waals surface area contributed by atoms with E-state index in [1.165, 1.54) is 0 Å². The van der Waals surface area contributed by atoms with Gasteiger partial charge in [-0.2, -0.15) is 0 Å². The van der Waals surface area contributed by atoms with Gasteiger partial charge in [-0.3, -0.25) is 9.59 Å². The first-order valence-corrected chi connectivity index (χ1v) is 9.39. The van der Waals surface area contributed by atoms with Gasteiger partial charge in [-0.15, -0.1) is 0 Å². The van der Waals surface area contributed by atoms with E-state index in [0.29, 0.717) is 25.7 Å². The number of ketones is 1. The van der Waals surface area contributed by atoms with E-state index in [4.69, 9.17) is 5.11 Å². The van der Waals surface area contributed by atoms with E-state index in [9.17, 15) is 19.8 Å². The molecule has 3 N–H and O–H groups in total. The predicted octanol–water partition coefficient (Wildman–Crippen LogP) is 3.25. The summed E-state index contributed by atoms with van der Waals surface area (Å²) < 4.78 is 0. The van der Waals surface area contributed by atoms with Crippen molar-refractivity contribution in [2.75, 3.05) is 0 Å². The fourth-order valence-corrected chi connectivity index (χ4v) is 3.22. The summed E-state index contributed by atoms with van der Waals surface area (Å²) in [6.45, 7) is 2.11. The number of Topliss-reactive ketones (excluding diaryl/α,β-unsaturated/α-hetero) is 1. The molecule has 0 amide bonds. The molecule has 0 aromatic carbocycles. The Balaban J connectivity index is 2.48. The van der Waals surface area contributed by atoms with Crippen LogP contribution in [0, 0.1) is 11.8 Å². The Bertz CT molecular complexity index is 469. The highest BCUT2D eigenvalue weighted by atomic mass is 16.4. The number of carbonyl (C=O) groups is 2. The molecule has 1 saturated carbocycles. The molecule has 4 atom stereocenters.